The minimum absolute atomic E-state index is 0.100. The largest absolute Gasteiger partial charge is 0.489 e. The maximum absolute atomic E-state index is 12.1. The highest BCUT2D eigenvalue weighted by Gasteiger charge is 2.14. The number of thiophene rings is 1. The number of ether oxygens (including phenoxy) is 2. The van der Waals surface area contributed by atoms with Crippen molar-refractivity contribution < 1.29 is 14.3 Å². The summed E-state index contributed by atoms with van der Waals surface area (Å²) in [6.45, 7) is 0.397. The van der Waals surface area contributed by atoms with Gasteiger partial charge in [0.1, 0.15) is 22.4 Å². The lowest BCUT2D eigenvalue weighted by molar-refractivity contribution is 0.0922. The van der Waals surface area contributed by atoms with Gasteiger partial charge in [-0.15, -0.1) is 11.3 Å². The molecule has 3 nitrogen and oxygen atoms in total. The summed E-state index contributed by atoms with van der Waals surface area (Å²) >= 11 is 13.0. The van der Waals surface area contributed by atoms with Crippen LogP contribution in [0.25, 0.3) is 0 Å². The molecule has 3 aromatic rings. The Balaban J connectivity index is 1.52. The van der Waals surface area contributed by atoms with E-state index in [0.717, 1.165) is 22.6 Å². The van der Waals surface area contributed by atoms with Crippen LogP contribution in [0.1, 0.15) is 15.9 Å². The van der Waals surface area contributed by atoms with Crippen LogP contribution in [0, 0.1) is 0 Å². The molecule has 25 heavy (non-hydrogen) atoms. The average molecular weight is 393 g/mol. The van der Waals surface area contributed by atoms with E-state index in [-0.39, 0.29) is 12.4 Å². The van der Waals surface area contributed by atoms with Crippen molar-refractivity contribution in [3.05, 3.63) is 80.5 Å². The van der Waals surface area contributed by atoms with Crippen molar-refractivity contribution in [2.24, 2.45) is 0 Å². The third kappa shape index (κ3) is 4.98. The van der Waals surface area contributed by atoms with Gasteiger partial charge in [-0.25, -0.2) is 0 Å². The maximum Gasteiger partial charge on any atom is 0.202 e. The van der Waals surface area contributed by atoms with Crippen LogP contribution in [0.15, 0.2) is 60.7 Å². The maximum atomic E-state index is 12.1. The summed E-state index contributed by atoms with van der Waals surface area (Å²) in [6, 6.07) is 18.6. The first-order valence-electron chi connectivity index (χ1n) is 7.49. The second kappa shape index (κ2) is 8.39. The number of hydrogen-bond acceptors (Lipinski definition) is 4. The number of carbonyl (C=O) groups excluding carboxylic acids is 1. The summed E-state index contributed by atoms with van der Waals surface area (Å²) in [4.78, 5) is 12.1. The van der Waals surface area contributed by atoms with E-state index in [1.807, 2.05) is 30.3 Å². The minimum Gasteiger partial charge on any atom is -0.489 e. The lowest BCUT2D eigenvalue weighted by Crippen LogP contribution is -2.11. The summed E-state index contributed by atoms with van der Waals surface area (Å²) in [7, 11) is 0. The van der Waals surface area contributed by atoms with Gasteiger partial charge in [-0.05, 0) is 35.9 Å². The zero-order chi connectivity index (χ0) is 17.6. The van der Waals surface area contributed by atoms with Crippen LogP contribution in [-0.2, 0) is 6.61 Å². The van der Waals surface area contributed by atoms with E-state index in [4.69, 9.17) is 32.7 Å². The van der Waals surface area contributed by atoms with E-state index >= 15 is 0 Å². The molecule has 0 aliphatic carbocycles. The Kier molecular flexibility index (Phi) is 5.97. The SMILES string of the molecule is O=C(COc1ccc(OCc2ccccc2)cc1)c1cc(Cl)sc1Cl. The molecule has 0 bridgehead atoms. The van der Waals surface area contributed by atoms with Gasteiger partial charge < -0.3 is 9.47 Å². The topological polar surface area (TPSA) is 35.5 Å². The molecule has 1 heterocycles. The number of halogens is 2. The van der Waals surface area contributed by atoms with Crippen molar-refractivity contribution in [2.45, 2.75) is 6.61 Å². The fourth-order valence-corrected chi connectivity index (χ4v) is 3.63. The Bertz CT molecular complexity index is 845. The molecular weight excluding hydrogens is 379 g/mol. The van der Waals surface area contributed by atoms with Crippen molar-refractivity contribution in [1.82, 2.24) is 0 Å². The normalized spacial score (nSPS) is 10.5. The zero-order valence-corrected chi connectivity index (χ0v) is 15.4. The van der Waals surface area contributed by atoms with Gasteiger partial charge in [-0.1, -0.05) is 53.5 Å². The summed E-state index contributed by atoms with van der Waals surface area (Å²) in [5.41, 5.74) is 1.49. The highest BCUT2D eigenvalue weighted by atomic mass is 35.5. The molecule has 0 amide bonds. The molecule has 0 saturated heterocycles. The molecule has 0 N–H and O–H groups in total. The second-order valence-corrected chi connectivity index (χ2v) is 7.48. The molecule has 6 heteroatoms. The summed E-state index contributed by atoms with van der Waals surface area (Å²) in [5.74, 6) is 1.10. The lowest BCUT2D eigenvalue weighted by Gasteiger charge is -2.08. The van der Waals surface area contributed by atoms with Gasteiger partial charge in [0, 0.05) is 0 Å². The molecule has 2 aromatic carbocycles. The van der Waals surface area contributed by atoms with Gasteiger partial charge in [0.05, 0.1) is 9.90 Å². The Hall–Kier alpha value is -2.01. The van der Waals surface area contributed by atoms with Gasteiger partial charge >= 0.3 is 0 Å². The fraction of sp³-hybridized carbons (Fsp3) is 0.105. The molecule has 3 rings (SSSR count). The van der Waals surface area contributed by atoms with Crippen LogP contribution >= 0.6 is 34.5 Å². The van der Waals surface area contributed by atoms with Gasteiger partial charge in [-0.2, -0.15) is 0 Å². The van der Waals surface area contributed by atoms with Crippen LogP contribution in [0.3, 0.4) is 0 Å². The molecule has 0 saturated carbocycles. The monoisotopic (exact) mass is 392 g/mol. The van der Waals surface area contributed by atoms with E-state index in [9.17, 15) is 4.79 Å². The van der Waals surface area contributed by atoms with Crippen molar-refractivity contribution >= 4 is 40.3 Å². The Morgan fingerprint density at radius 2 is 1.56 bits per heavy atom. The smallest absolute Gasteiger partial charge is 0.202 e. The third-order valence-electron chi connectivity index (χ3n) is 3.40. The van der Waals surface area contributed by atoms with E-state index < -0.39 is 0 Å². The highest BCUT2D eigenvalue weighted by molar-refractivity contribution is 7.20. The molecule has 0 aliphatic rings. The summed E-state index contributed by atoms with van der Waals surface area (Å²) < 4.78 is 12.1. The van der Waals surface area contributed by atoms with Gasteiger partial charge in [0.25, 0.3) is 0 Å². The number of benzene rings is 2. The van der Waals surface area contributed by atoms with Crippen LogP contribution in [0.4, 0.5) is 0 Å². The molecule has 128 valence electrons. The number of carbonyl (C=O) groups is 1. The van der Waals surface area contributed by atoms with E-state index in [2.05, 4.69) is 0 Å². The number of ketones is 1. The van der Waals surface area contributed by atoms with Crippen molar-refractivity contribution in [3.8, 4) is 11.5 Å². The number of rotatable bonds is 7. The van der Waals surface area contributed by atoms with Gasteiger partial charge in [-0.3, -0.25) is 4.79 Å². The van der Waals surface area contributed by atoms with Gasteiger partial charge in [0.15, 0.2) is 6.61 Å². The standard InChI is InChI=1S/C19H14Cl2O3S/c20-18-10-16(19(21)25-18)17(22)12-24-15-8-6-14(7-9-15)23-11-13-4-2-1-3-5-13/h1-10H,11-12H2. The van der Waals surface area contributed by atoms with Crippen molar-refractivity contribution in [3.63, 3.8) is 0 Å². The van der Waals surface area contributed by atoms with E-state index in [1.54, 1.807) is 30.3 Å². The Labute approximate surface area is 159 Å². The van der Waals surface area contributed by atoms with Crippen molar-refractivity contribution in [2.75, 3.05) is 6.61 Å². The lowest BCUT2D eigenvalue weighted by atomic mass is 10.2. The minimum atomic E-state index is -0.211. The summed E-state index contributed by atoms with van der Waals surface area (Å²) in [6.07, 6.45) is 0. The predicted octanol–water partition coefficient (Wildman–Crippen LogP) is 5.90. The Morgan fingerprint density at radius 1 is 0.920 bits per heavy atom. The fourth-order valence-electron chi connectivity index (χ4n) is 2.13. The first-order valence-corrected chi connectivity index (χ1v) is 9.06. The highest BCUT2D eigenvalue weighted by Crippen LogP contribution is 2.31. The molecule has 0 spiro atoms. The van der Waals surface area contributed by atoms with Gasteiger partial charge in [0.2, 0.25) is 5.78 Å². The molecule has 0 radical (unpaired) electrons. The van der Waals surface area contributed by atoms with Crippen LogP contribution < -0.4 is 9.47 Å². The first kappa shape index (κ1) is 17.8. The molecular formula is C19H14Cl2O3S. The third-order valence-corrected chi connectivity index (χ3v) is 4.89. The zero-order valence-electron chi connectivity index (χ0n) is 13.1. The van der Waals surface area contributed by atoms with Crippen molar-refractivity contribution in [1.29, 1.82) is 0 Å². The van der Waals surface area contributed by atoms with Crippen LogP contribution in [-0.4, -0.2) is 12.4 Å². The first-order chi connectivity index (χ1) is 12.1. The molecule has 0 unspecified atom stereocenters. The predicted molar refractivity (Wildman–Crippen MR) is 101 cm³/mol. The average Bonchev–Trinajstić information content (AvgIpc) is 2.98. The quantitative estimate of drug-likeness (QED) is 0.469. The molecule has 1 aromatic heterocycles. The molecule has 0 fully saturated rings. The molecule has 0 aliphatic heterocycles. The Morgan fingerprint density at radius 3 is 2.16 bits per heavy atom. The number of Topliss-reactive ketones (excluding diaryl/α,β-unsaturated/α-hetero) is 1. The second-order valence-electron chi connectivity index (χ2n) is 5.20. The van der Waals surface area contributed by atoms with Crippen LogP contribution in [0.5, 0.6) is 11.5 Å². The van der Waals surface area contributed by atoms with E-state index in [0.29, 0.717) is 26.6 Å². The summed E-state index contributed by atoms with van der Waals surface area (Å²) in [5, 5.41) is 0. The number of hydrogen-bond donors (Lipinski definition) is 0. The molecule has 0 atom stereocenters. The van der Waals surface area contributed by atoms with Crippen LogP contribution in [0.2, 0.25) is 8.67 Å². The van der Waals surface area contributed by atoms with E-state index in [1.165, 1.54) is 0 Å².